The third kappa shape index (κ3) is 5.80. The first-order valence-corrected chi connectivity index (χ1v) is 10.4. The maximum Gasteiger partial charge on any atom is 0.211 e. The largest absolute Gasteiger partial charge is 0.475 e. The molecule has 5 nitrogen and oxygen atoms in total. The van der Waals surface area contributed by atoms with Gasteiger partial charge in [-0.05, 0) is 25.1 Å². The Morgan fingerprint density at radius 2 is 1.95 bits per heavy atom. The van der Waals surface area contributed by atoms with Crippen LogP contribution in [-0.4, -0.2) is 44.0 Å². The van der Waals surface area contributed by atoms with Gasteiger partial charge in [-0.1, -0.05) is 20.8 Å². The quantitative estimate of drug-likeness (QED) is 0.546. The average Bonchev–Trinajstić information content (AvgIpc) is 2.76. The monoisotopic (exact) mass is 314 g/mol. The van der Waals surface area contributed by atoms with E-state index in [1.54, 1.807) is 10.9 Å². The highest BCUT2D eigenvalue weighted by Gasteiger charge is 2.37. The highest BCUT2D eigenvalue weighted by Crippen LogP contribution is 2.36. The number of ether oxygens (including phenoxy) is 2. The lowest BCUT2D eigenvalue weighted by molar-refractivity contribution is 0.0130. The van der Waals surface area contributed by atoms with Crippen LogP contribution in [0, 0.1) is 0 Å². The summed E-state index contributed by atoms with van der Waals surface area (Å²) in [5.74, 6) is 0.753. The molecule has 122 valence electrons. The molecule has 1 rings (SSSR count). The van der Waals surface area contributed by atoms with Gasteiger partial charge in [0.25, 0.3) is 0 Å². The zero-order valence-electron chi connectivity index (χ0n) is 14.5. The van der Waals surface area contributed by atoms with Gasteiger partial charge < -0.3 is 13.9 Å². The minimum absolute atomic E-state index is 0.0780. The van der Waals surface area contributed by atoms with Crippen molar-refractivity contribution in [3.63, 3.8) is 0 Å². The van der Waals surface area contributed by atoms with Gasteiger partial charge in [-0.15, -0.1) is 0 Å². The van der Waals surface area contributed by atoms with Crippen LogP contribution >= 0.6 is 0 Å². The Balaban J connectivity index is 2.20. The molecule has 0 saturated carbocycles. The van der Waals surface area contributed by atoms with Gasteiger partial charge >= 0.3 is 0 Å². The van der Waals surface area contributed by atoms with E-state index in [0.29, 0.717) is 19.8 Å². The van der Waals surface area contributed by atoms with Crippen LogP contribution in [0.25, 0.3) is 0 Å². The maximum atomic E-state index is 6.14. The van der Waals surface area contributed by atoms with E-state index in [1.807, 2.05) is 20.0 Å². The Kier molecular flexibility index (Phi) is 6.43. The predicted octanol–water partition coefficient (Wildman–Crippen LogP) is 3.23. The van der Waals surface area contributed by atoms with Crippen molar-refractivity contribution in [1.29, 1.82) is 0 Å². The standard InChI is InChI=1S/C15H30N2O3Si/c1-13(12-20-21(6,7)15(2,3)4)18-10-11-19-14-8-9-16-17(14)5/h8-9,13H,10-12H2,1-7H3. The lowest BCUT2D eigenvalue weighted by Gasteiger charge is -2.36. The topological polar surface area (TPSA) is 45.5 Å². The molecule has 0 bridgehead atoms. The Morgan fingerprint density at radius 3 is 2.48 bits per heavy atom. The van der Waals surface area contributed by atoms with Gasteiger partial charge in [-0.3, -0.25) is 0 Å². The van der Waals surface area contributed by atoms with Crippen molar-refractivity contribution in [3.8, 4) is 5.88 Å². The van der Waals surface area contributed by atoms with Crippen LogP contribution in [0.2, 0.25) is 18.1 Å². The summed E-state index contributed by atoms with van der Waals surface area (Å²) in [7, 11) is 0.164. The summed E-state index contributed by atoms with van der Waals surface area (Å²) in [6, 6.07) is 1.84. The highest BCUT2D eigenvalue weighted by atomic mass is 28.4. The molecule has 1 unspecified atom stereocenters. The highest BCUT2D eigenvalue weighted by molar-refractivity contribution is 6.74. The fourth-order valence-corrected chi connectivity index (χ4v) is 2.57. The second-order valence-corrected chi connectivity index (χ2v) is 11.7. The fraction of sp³-hybridized carbons (Fsp3) is 0.800. The van der Waals surface area contributed by atoms with Crippen LogP contribution in [0.3, 0.4) is 0 Å². The average molecular weight is 315 g/mol. The number of hydrogen-bond donors (Lipinski definition) is 0. The molecule has 0 aliphatic rings. The molecule has 0 amide bonds. The van der Waals surface area contributed by atoms with Crippen molar-refractivity contribution >= 4 is 8.32 Å². The first kappa shape index (κ1) is 18.2. The molecule has 0 N–H and O–H groups in total. The van der Waals surface area contributed by atoms with E-state index in [2.05, 4.69) is 39.0 Å². The lowest BCUT2D eigenvalue weighted by atomic mass is 10.2. The van der Waals surface area contributed by atoms with Crippen LogP contribution in [0.5, 0.6) is 5.88 Å². The van der Waals surface area contributed by atoms with Gasteiger partial charge in [0.1, 0.15) is 6.61 Å². The van der Waals surface area contributed by atoms with Gasteiger partial charge in [0.05, 0.1) is 25.5 Å². The fourth-order valence-electron chi connectivity index (χ4n) is 1.49. The minimum Gasteiger partial charge on any atom is -0.475 e. The summed E-state index contributed by atoms with van der Waals surface area (Å²) in [5.41, 5.74) is 0. The molecule has 0 saturated heterocycles. The molecule has 0 aliphatic heterocycles. The van der Waals surface area contributed by atoms with Crippen LogP contribution in [-0.2, 0) is 16.2 Å². The second-order valence-electron chi connectivity index (χ2n) is 6.89. The first-order valence-electron chi connectivity index (χ1n) is 7.50. The van der Waals surface area contributed by atoms with E-state index >= 15 is 0 Å². The van der Waals surface area contributed by atoms with Crippen molar-refractivity contribution in [2.24, 2.45) is 7.05 Å². The number of nitrogens with zero attached hydrogens (tertiary/aromatic N) is 2. The van der Waals surface area contributed by atoms with Crippen molar-refractivity contribution in [2.75, 3.05) is 19.8 Å². The summed E-state index contributed by atoms with van der Waals surface area (Å²) < 4.78 is 19.1. The normalized spacial score (nSPS) is 14.2. The zero-order chi connectivity index (χ0) is 16.1. The van der Waals surface area contributed by atoms with Crippen molar-refractivity contribution in [1.82, 2.24) is 9.78 Å². The van der Waals surface area contributed by atoms with Gasteiger partial charge in [-0.2, -0.15) is 5.10 Å². The molecule has 0 fully saturated rings. The minimum atomic E-state index is -1.69. The Bertz CT molecular complexity index is 427. The smallest absolute Gasteiger partial charge is 0.211 e. The third-order valence-corrected chi connectivity index (χ3v) is 8.50. The van der Waals surface area contributed by atoms with Crippen LogP contribution < -0.4 is 4.74 Å². The van der Waals surface area contributed by atoms with Crippen molar-refractivity contribution < 1.29 is 13.9 Å². The molecule has 1 atom stereocenters. The van der Waals surface area contributed by atoms with E-state index in [0.717, 1.165) is 5.88 Å². The van der Waals surface area contributed by atoms with E-state index in [4.69, 9.17) is 13.9 Å². The molecule has 0 aliphatic carbocycles. The van der Waals surface area contributed by atoms with Crippen LogP contribution in [0.4, 0.5) is 0 Å². The van der Waals surface area contributed by atoms with E-state index in [-0.39, 0.29) is 11.1 Å². The van der Waals surface area contributed by atoms with Crippen LogP contribution in [0.1, 0.15) is 27.7 Å². The molecule has 1 heterocycles. The molecule has 6 heteroatoms. The van der Waals surface area contributed by atoms with Gasteiger partial charge in [0.15, 0.2) is 8.32 Å². The summed E-state index contributed by atoms with van der Waals surface area (Å²) in [5, 5.41) is 4.28. The Morgan fingerprint density at radius 1 is 1.29 bits per heavy atom. The number of rotatable bonds is 8. The summed E-state index contributed by atoms with van der Waals surface area (Å²) in [4.78, 5) is 0. The first-order chi connectivity index (χ1) is 9.63. The molecular formula is C15H30N2O3Si. The number of aryl methyl sites for hydroxylation is 1. The van der Waals surface area contributed by atoms with Crippen LogP contribution in [0.15, 0.2) is 12.3 Å². The molecule has 0 spiro atoms. The van der Waals surface area contributed by atoms with Gasteiger partial charge in [0, 0.05) is 13.1 Å². The van der Waals surface area contributed by atoms with Gasteiger partial charge in [0.2, 0.25) is 5.88 Å². The molecule has 1 aromatic rings. The summed E-state index contributed by atoms with van der Waals surface area (Å²) >= 11 is 0. The Labute approximate surface area is 129 Å². The van der Waals surface area contributed by atoms with Crippen molar-refractivity contribution in [3.05, 3.63) is 12.3 Å². The Hall–Kier alpha value is -0.853. The van der Waals surface area contributed by atoms with Gasteiger partial charge in [-0.25, -0.2) is 4.68 Å². The number of hydrogen-bond acceptors (Lipinski definition) is 4. The van der Waals surface area contributed by atoms with E-state index in [1.165, 1.54) is 0 Å². The SMILES string of the molecule is CC(CO[Si](C)(C)C(C)(C)C)OCCOc1ccnn1C. The molecular weight excluding hydrogens is 284 g/mol. The predicted molar refractivity (Wildman–Crippen MR) is 87.3 cm³/mol. The molecule has 0 radical (unpaired) electrons. The number of aromatic nitrogens is 2. The van der Waals surface area contributed by atoms with E-state index in [9.17, 15) is 0 Å². The zero-order valence-corrected chi connectivity index (χ0v) is 15.5. The third-order valence-electron chi connectivity index (χ3n) is 4.00. The molecule has 0 aromatic carbocycles. The summed E-state index contributed by atoms with van der Waals surface area (Å²) in [6.07, 6.45) is 1.79. The van der Waals surface area contributed by atoms with E-state index < -0.39 is 8.32 Å². The lowest BCUT2D eigenvalue weighted by Crippen LogP contribution is -2.42. The maximum absolute atomic E-state index is 6.14. The molecule has 21 heavy (non-hydrogen) atoms. The summed E-state index contributed by atoms with van der Waals surface area (Å²) in [6.45, 7) is 15.0. The molecule has 1 aromatic heterocycles. The van der Waals surface area contributed by atoms with Crippen molar-refractivity contribution in [2.45, 2.75) is 51.9 Å². The second kappa shape index (κ2) is 7.42.